The molecule has 0 fully saturated rings. The maximum atomic E-state index is 11.3. The van der Waals surface area contributed by atoms with Crippen molar-refractivity contribution in [3.63, 3.8) is 0 Å². The van der Waals surface area contributed by atoms with Crippen molar-refractivity contribution in [1.82, 2.24) is 9.97 Å². The van der Waals surface area contributed by atoms with Crippen LogP contribution in [-0.4, -0.2) is 29.7 Å². The minimum atomic E-state index is -0.600. The lowest BCUT2D eigenvalue weighted by Crippen LogP contribution is -2.03. The molecule has 2 aromatic heterocycles. The Bertz CT molecular complexity index is 823. The molecule has 0 unspecified atom stereocenters. The van der Waals surface area contributed by atoms with Crippen LogP contribution >= 0.6 is 0 Å². The first-order valence-corrected chi connectivity index (χ1v) is 7.36. The van der Waals surface area contributed by atoms with Gasteiger partial charge in [0.15, 0.2) is 0 Å². The minimum Gasteiger partial charge on any atom is -0.463 e. The maximum absolute atomic E-state index is 11.3. The van der Waals surface area contributed by atoms with Gasteiger partial charge in [0.05, 0.1) is 25.6 Å². The molecule has 3 aromatic rings. The standard InChI is InChI=1S/C17H16N2O5/c1-11-13(19-15(23-11)12-6-4-3-5-7-12)8-9-22-17-18-10-14(24-17)16(20)21-2/h3-7,10H,8-9H2,1-2H3. The Hall–Kier alpha value is -3.09. The van der Waals surface area contributed by atoms with Gasteiger partial charge in [-0.05, 0) is 19.1 Å². The van der Waals surface area contributed by atoms with E-state index >= 15 is 0 Å². The van der Waals surface area contributed by atoms with Crippen molar-refractivity contribution in [2.24, 2.45) is 0 Å². The van der Waals surface area contributed by atoms with E-state index in [0.717, 1.165) is 17.0 Å². The first kappa shape index (κ1) is 15.8. The van der Waals surface area contributed by atoms with E-state index in [2.05, 4.69) is 14.7 Å². The molecule has 7 heteroatoms. The average Bonchev–Trinajstić information content (AvgIpc) is 3.22. The van der Waals surface area contributed by atoms with Crippen molar-refractivity contribution < 1.29 is 23.1 Å². The zero-order valence-electron chi connectivity index (χ0n) is 13.3. The maximum Gasteiger partial charge on any atom is 0.394 e. The van der Waals surface area contributed by atoms with Crippen LogP contribution in [0.3, 0.4) is 0 Å². The fraction of sp³-hybridized carbons (Fsp3) is 0.235. The summed E-state index contributed by atoms with van der Waals surface area (Å²) in [5.74, 6) is 0.709. The van der Waals surface area contributed by atoms with Crippen molar-refractivity contribution in [3.05, 3.63) is 53.7 Å². The summed E-state index contributed by atoms with van der Waals surface area (Å²) in [5.41, 5.74) is 1.72. The molecule has 0 amide bonds. The largest absolute Gasteiger partial charge is 0.463 e. The van der Waals surface area contributed by atoms with Gasteiger partial charge in [0.25, 0.3) is 0 Å². The molecule has 0 bridgehead atoms. The van der Waals surface area contributed by atoms with Crippen LogP contribution in [0.5, 0.6) is 6.08 Å². The highest BCUT2D eigenvalue weighted by Gasteiger charge is 2.15. The molecular formula is C17H16N2O5. The second kappa shape index (κ2) is 6.99. The molecule has 0 aliphatic carbocycles. The first-order chi connectivity index (χ1) is 11.7. The number of hydrogen-bond acceptors (Lipinski definition) is 7. The highest BCUT2D eigenvalue weighted by Crippen LogP contribution is 2.22. The zero-order chi connectivity index (χ0) is 16.9. The fourth-order valence-electron chi connectivity index (χ4n) is 2.12. The second-order valence-corrected chi connectivity index (χ2v) is 4.97. The Labute approximate surface area is 138 Å². The van der Waals surface area contributed by atoms with Gasteiger partial charge in [0.1, 0.15) is 5.76 Å². The quantitative estimate of drug-likeness (QED) is 0.643. The van der Waals surface area contributed by atoms with E-state index in [1.165, 1.54) is 13.3 Å². The fourth-order valence-corrected chi connectivity index (χ4v) is 2.12. The number of esters is 1. The Kier molecular flexibility index (Phi) is 4.60. The predicted octanol–water partition coefficient (Wildman–Crippen LogP) is 3.05. The number of aryl methyl sites for hydroxylation is 1. The van der Waals surface area contributed by atoms with Gasteiger partial charge in [-0.1, -0.05) is 18.2 Å². The molecule has 0 saturated heterocycles. The molecule has 24 heavy (non-hydrogen) atoms. The molecule has 0 saturated carbocycles. The van der Waals surface area contributed by atoms with Gasteiger partial charge in [-0.2, -0.15) is 4.98 Å². The van der Waals surface area contributed by atoms with Crippen LogP contribution in [0, 0.1) is 6.92 Å². The number of nitrogens with zero attached hydrogens (tertiary/aromatic N) is 2. The Morgan fingerprint density at radius 1 is 1.21 bits per heavy atom. The molecule has 7 nitrogen and oxygen atoms in total. The Morgan fingerprint density at radius 3 is 2.75 bits per heavy atom. The summed E-state index contributed by atoms with van der Waals surface area (Å²) in [4.78, 5) is 19.6. The zero-order valence-corrected chi connectivity index (χ0v) is 13.3. The van der Waals surface area contributed by atoms with E-state index in [1.807, 2.05) is 37.3 Å². The number of carbonyl (C=O) groups excluding carboxylic acids is 1. The van der Waals surface area contributed by atoms with Crippen LogP contribution in [0.4, 0.5) is 0 Å². The van der Waals surface area contributed by atoms with E-state index in [-0.39, 0.29) is 11.8 Å². The number of oxazole rings is 2. The number of aromatic nitrogens is 2. The molecule has 0 aliphatic rings. The highest BCUT2D eigenvalue weighted by atomic mass is 16.6. The third-order valence-corrected chi connectivity index (χ3v) is 3.35. The van der Waals surface area contributed by atoms with E-state index in [4.69, 9.17) is 13.6 Å². The molecule has 0 spiro atoms. The summed E-state index contributed by atoms with van der Waals surface area (Å²) < 4.78 is 20.7. The molecule has 0 atom stereocenters. The lowest BCUT2D eigenvalue weighted by Gasteiger charge is -1.99. The molecule has 3 rings (SSSR count). The Balaban J connectivity index is 1.60. The average molecular weight is 328 g/mol. The monoisotopic (exact) mass is 328 g/mol. The minimum absolute atomic E-state index is 0.00326. The Morgan fingerprint density at radius 2 is 2.00 bits per heavy atom. The van der Waals surface area contributed by atoms with Gasteiger partial charge in [0.2, 0.25) is 11.7 Å². The molecular weight excluding hydrogens is 312 g/mol. The van der Waals surface area contributed by atoms with Gasteiger partial charge >= 0.3 is 12.0 Å². The number of rotatable bonds is 6. The summed E-state index contributed by atoms with van der Waals surface area (Å²) >= 11 is 0. The van der Waals surface area contributed by atoms with Crippen LogP contribution in [0.2, 0.25) is 0 Å². The third-order valence-electron chi connectivity index (χ3n) is 3.35. The lowest BCUT2D eigenvalue weighted by molar-refractivity contribution is 0.0556. The van der Waals surface area contributed by atoms with Crippen LogP contribution in [0.1, 0.15) is 22.0 Å². The molecule has 124 valence electrons. The van der Waals surface area contributed by atoms with Gasteiger partial charge < -0.3 is 18.3 Å². The second-order valence-electron chi connectivity index (χ2n) is 4.97. The summed E-state index contributed by atoms with van der Waals surface area (Å²) in [6, 6.07) is 9.67. The van der Waals surface area contributed by atoms with Crippen LogP contribution in [0.25, 0.3) is 11.5 Å². The van der Waals surface area contributed by atoms with Crippen molar-refractivity contribution >= 4 is 5.97 Å². The number of benzene rings is 1. The number of carbonyl (C=O) groups is 1. The highest BCUT2D eigenvalue weighted by molar-refractivity contribution is 5.85. The van der Waals surface area contributed by atoms with Crippen molar-refractivity contribution in [2.45, 2.75) is 13.3 Å². The van der Waals surface area contributed by atoms with E-state index in [1.54, 1.807) is 0 Å². The third kappa shape index (κ3) is 3.45. The molecule has 2 heterocycles. The summed E-state index contributed by atoms with van der Waals surface area (Å²) in [6.45, 7) is 2.15. The number of methoxy groups -OCH3 is 1. The number of hydrogen-bond donors (Lipinski definition) is 0. The summed E-state index contributed by atoms with van der Waals surface area (Å²) in [7, 11) is 1.27. The van der Waals surface area contributed by atoms with Crippen molar-refractivity contribution in [3.8, 4) is 17.5 Å². The van der Waals surface area contributed by atoms with E-state index < -0.39 is 5.97 Å². The normalized spacial score (nSPS) is 10.6. The van der Waals surface area contributed by atoms with E-state index in [0.29, 0.717) is 18.9 Å². The van der Waals surface area contributed by atoms with Gasteiger partial charge in [-0.15, -0.1) is 0 Å². The van der Waals surface area contributed by atoms with Gasteiger partial charge in [-0.3, -0.25) is 0 Å². The lowest BCUT2D eigenvalue weighted by atomic mass is 10.2. The number of ether oxygens (including phenoxy) is 2. The van der Waals surface area contributed by atoms with Crippen molar-refractivity contribution in [2.75, 3.05) is 13.7 Å². The predicted molar refractivity (Wildman–Crippen MR) is 83.7 cm³/mol. The summed E-state index contributed by atoms with van der Waals surface area (Å²) in [5, 5.41) is 0. The topological polar surface area (TPSA) is 87.6 Å². The van der Waals surface area contributed by atoms with Crippen LogP contribution in [0.15, 0.2) is 45.4 Å². The van der Waals surface area contributed by atoms with Gasteiger partial charge in [-0.25, -0.2) is 9.78 Å². The van der Waals surface area contributed by atoms with Gasteiger partial charge in [0, 0.05) is 12.0 Å². The van der Waals surface area contributed by atoms with Crippen LogP contribution in [-0.2, 0) is 11.2 Å². The first-order valence-electron chi connectivity index (χ1n) is 7.36. The molecule has 0 radical (unpaired) electrons. The molecule has 0 aliphatic heterocycles. The van der Waals surface area contributed by atoms with Crippen LogP contribution < -0.4 is 4.74 Å². The summed E-state index contributed by atoms with van der Waals surface area (Å²) in [6.07, 6.45) is 1.80. The SMILES string of the molecule is COC(=O)c1cnc(OCCc2nc(-c3ccccc3)oc2C)o1. The smallest absolute Gasteiger partial charge is 0.394 e. The van der Waals surface area contributed by atoms with E-state index in [9.17, 15) is 4.79 Å². The van der Waals surface area contributed by atoms with Crippen molar-refractivity contribution in [1.29, 1.82) is 0 Å². The molecule has 0 N–H and O–H groups in total. The molecule has 1 aromatic carbocycles.